The number of aliphatic hydroxyl groups excluding tert-OH is 1. The van der Waals surface area contributed by atoms with Crippen LogP contribution >= 0.6 is 11.3 Å². The summed E-state index contributed by atoms with van der Waals surface area (Å²) < 4.78 is 21.2. The van der Waals surface area contributed by atoms with Gasteiger partial charge in [-0.15, -0.1) is 15.7 Å². The molecule has 0 aliphatic rings. The predicted octanol–water partition coefficient (Wildman–Crippen LogP) is 4.42. The molecule has 35 heavy (non-hydrogen) atoms. The minimum Gasteiger partial charge on any atom is -0.448 e. The van der Waals surface area contributed by atoms with Crippen molar-refractivity contribution < 1.29 is 18.8 Å². The van der Waals surface area contributed by atoms with Crippen LogP contribution in [0.25, 0.3) is 10.4 Å². The van der Waals surface area contributed by atoms with E-state index in [0.29, 0.717) is 28.8 Å². The van der Waals surface area contributed by atoms with Crippen molar-refractivity contribution in [2.24, 2.45) is 4.36 Å². The Labute approximate surface area is 208 Å². The van der Waals surface area contributed by atoms with Gasteiger partial charge in [-0.1, -0.05) is 0 Å². The van der Waals surface area contributed by atoms with Gasteiger partial charge in [-0.25, -0.2) is 14.0 Å². The molecule has 0 fully saturated rings. The molecule has 0 aliphatic carbocycles. The highest BCUT2D eigenvalue weighted by Crippen LogP contribution is 2.33. The molecular formula is C23H26N6O4S2. The molecule has 0 saturated carbocycles. The Morgan fingerprint density at radius 2 is 2.11 bits per heavy atom. The summed E-state index contributed by atoms with van der Waals surface area (Å²) in [6.07, 6.45) is 2.51. The number of nitrogens with one attached hydrogen (secondary N) is 2. The minimum atomic E-state index is -2.94. The first-order valence-electron chi connectivity index (χ1n) is 10.7. The number of anilines is 3. The molecule has 1 unspecified atom stereocenters. The van der Waals surface area contributed by atoms with Crippen molar-refractivity contribution >= 4 is 44.6 Å². The van der Waals surface area contributed by atoms with Gasteiger partial charge in [0.1, 0.15) is 5.82 Å². The van der Waals surface area contributed by atoms with Crippen LogP contribution in [0.2, 0.25) is 0 Å². The number of hydrogen-bond donors (Lipinski definition) is 3. The fourth-order valence-electron chi connectivity index (χ4n) is 2.98. The van der Waals surface area contributed by atoms with E-state index in [1.54, 1.807) is 37.4 Å². The Balaban J connectivity index is 1.86. The Bertz CT molecular complexity index is 1340. The lowest BCUT2D eigenvalue weighted by Crippen LogP contribution is -2.21. The molecule has 12 heteroatoms. The van der Waals surface area contributed by atoms with Crippen molar-refractivity contribution in [2.45, 2.75) is 31.2 Å². The first kappa shape index (κ1) is 26.1. The van der Waals surface area contributed by atoms with Gasteiger partial charge in [-0.2, -0.15) is 10.2 Å². The number of carbonyl (C=O) groups is 1. The highest BCUT2D eigenvalue weighted by atomic mass is 32.2. The Kier molecular flexibility index (Phi) is 8.75. The zero-order chi connectivity index (χ0) is 25.4. The number of aliphatic hydroxyl groups is 1. The first-order chi connectivity index (χ1) is 16.7. The zero-order valence-electron chi connectivity index (χ0n) is 19.5. The number of amides is 1. The van der Waals surface area contributed by atoms with Crippen molar-refractivity contribution in [2.75, 3.05) is 30.1 Å². The van der Waals surface area contributed by atoms with E-state index in [0.717, 1.165) is 16.0 Å². The number of thiophene rings is 1. The molecule has 3 rings (SSSR count). The lowest BCUT2D eigenvalue weighted by atomic mass is 10.2. The SMILES string of the molecule is CCOC(=O)N=S(C)(=O)c1ccc(Nc2ncc(-c3cc(CC#N)cs3)c(N[C@H](C)CO)n2)cc1. The van der Waals surface area contributed by atoms with Gasteiger partial charge in [-0.05, 0) is 55.1 Å². The number of ether oxygens (including phenoxy) is 1. The van der Waals surface area contributed by atoms with Gasteiger partial charge in [0.05, 0.1) is 41.0 Å². The van der Waals surface area contributed by atoms with E-state index in [4.69, 9.17) is 10.00 Å². The summed E-state index contributed by atoms with van der Waals surface area (Å²) in [4.78, 5) is 21.9. The van der Waals surface area contributed by atoms with Crippen LogP contribution in [0.4, 0.5) is 22.2 Å². The third kappa shape index (κ3) is 6.98. The first-order valence-corrected chi connectivity index (χ1v) is 13.5. The normalized spacial score (nSPS) is 13.2. The topological polar surface area (TPSA) is 150 Å². The van der Waals surface area contributed by atoms with Crippen molar-refractivity contribution in [3.63, 3.8) is 0 Å². The van der Waals surface area contributed by atoms with E-state index in [-0.39, 0.29) is 19.3 Å². The number of nitrogens with zero attached hydrogens (tertiary/aromatic N) is 4. The van der Waals surface area contributed by atoms with Gasteiger partial charge in [0.2, 0.25) is 5.95 Å². The van der Waals surface area contributed by atoms with Crippen LogP contribution in [0.15, 0.2) is 51.2 Å². The third-order valence-corrected chi connectivity index (χ3v) is 7.37. The number of nitriles is 1. The summed E-state index contributed by atoms with van der Waals surface area (Å²) in [5.74, 6) is 0.854. The molecule has 3 N–H and O–H groups in total. The summed E-state index contributed by atoms with van der Waals surface area (Å²) in [6, 6.07) is 10.4. The van der Waals surface area contributed by atoms with Crippen molar-refractivity contribution in [3.05, 3.63) is 47.5 Å². The smallest absolute Gasteiger partial charge is 0.442 e. The van der Waals surface area contributed by atoms with Crippen molar-refractivity contribution in [1.29, 1.82) is 5.26 Å². The Morgan fingerprint density at radius 3 is 2.77 bits per heavy atom. The van der Waals surface area contributed by atoms with Crippen LogP contribution in [0, 0.1) is 11.3 Å². The van der Waals surface area contributed by atoms with Crippen LogP contribution in [0.5, 0.6) is 0 Å². The van der Waals surface area contributed by atoms with E-state index >= 15 is 0 Å². The molecule has 1 amide bonds. The van der Waals surface area contributed by atoms with Gasteiger partial charge in [0, 0.05) is 34.0 Å². The number of rotatable bonds is 9. The fraction of sp³-hybridized carbons (Fsp3) is 0.304. The van der Waals surface area contributed by atoms with Crippen LogP contribution in [0.3, 0.4) is 0 Å². The van der Waals surface area contributed by atoms with Crippen LogP contribution in [-0.2, 0) is 20.9 Å². The second-order valence-electron chi connectivity index (χ2n) is 7.58. The van der Waals surface area contributed by atoms with Gasteiger partial charge in [-0.3, -0.25) is 0 Å². The standard InChI is InChI=1S/C23H26N6O4S2/c1-4-33-23(31)29-35(3,32)18-7-5-17(6-8-18)27-22-25-12-19(21(28-22)26-15(2)13-30)20-11-16(9-10-24)14-34-20/h5-8,11-12,14-15,30H,4,9,13H2,1-3H3,(H2,25,26,27,28)/t15-,35?/m1/s1. The number of carbonyl (C=O) groups excluding carboxylic acids is 1. The second-order valence-corrected chi connectivity index (χ2v) is 10.8. The molecule has 0 saturated heterocycles. The summed E-state index contributed by atoms with van der Waals surface area (Å²) in [7, 11) is -2.94. The van der Waals surface area contributed by atoms with Gasteiger partial charge >= 0.3 is 6.09 Å². The fourth-order valence-corrected chi connectivity index (χ4v) is 4.99. The lowest BCUT2D eigenvalue weighted by Gasteiger charge is -2.16. The molecule has 2 aromatic heterocycles. The lowest BCUT2D eigenvalue weighted by molar-refractivity contribution is 0.164. The van der Waals surface area contributed by atoms with Gasteiger partial charge in [0.15, 0.2) is 0 Å². The quantitative estimate of drug-likeness (QED) is 0.377. The number of benzene rings is 1. The molecule has 1 aromatic carbocycles. The van der Waals surface area contributed by atoms with Crippen LogP contribution in [-0.4, -0.2) is 50.9 Å². The minimum absolute atomic E-state index is 0.0784. The molecule has 3 aromatic rings. The molecule has 2 heterocycles. The van der Waals surface area contributed by atoms with E-state index in [2.05, 4.69) is 31.0 Å². The summed E-state index contributed by atoms with van der Waals surface area (Å²) in [5.41, 5.74) is 2.31. The largest absolute Gasteiger partial charge is 0.448 e. The summed E-state index contributed by atoms with van der Waals surface area (Å²) in [5, 5.41) is 26.7. The molecule has 0 radical (unpaired) electrons. The maximum Gasteiger partial charge on any atom is 0.442 e. The van der Waals surface area contributed by atoms with Gasteiger partial charge in [0.25, 0.3) is 0 Å². The summed E-state index contributed by atoms with van der Waals surface area (Å²) in [6.45, 7) is 3.56. The highest BCUT2D eigenvalue weighted by Gasteiger charge is 2.15. The molecule has 0 bridgehead atoms. The molecule has 0 aliphatic heterocycles. The maximum absolute atomic E-state index is 12.8. The van der Waals surface area contributed by atoms with E-state index in [1.165, 1.54) is 17.6 Å². The Hall–Kier alpha value is -3.53. The molecule has 184 valence electrons. The Morgan fingerprint density at radius 1 is 1.37 bits per heavy atom. The summed E-state index contributed by atoms with van der Waals surface area (Å²) >= 11 is 1.49. The molecule has 10 nitrogen and oxygen atoms in total. The predicted molar refractivity (Wildman–Crippen MR) is 136 cm³/mol. The van der Waals surface area contributed by atoms with Gasteiger partial charge < -0.3 is 20.5 Å². The monoisotopic (exact) mass is 514 g/mol. The highest BCUT2D eigenvalue weighted by molar-refractivity contribution is 7.93. The van der Waals surface area contributed by atoms with Crippen molar-refractivity contribution in [3.8, 4) is 16.5 Å². The molecule has 0 spiro atoms. The third-order valence-electron chi connectivity index (χ3n) is 4.71. The average molecular weight is 515 g/mol. The number of hydrogen-bond acceptors (Lipinski definition) is 10. The second kappa shape index (κ2) is 11.7. The van der Waals surface area contributed by atoms with E-state index < -0.39 is 15.8 Å². The van der Waals surface area contributed by atoms with Crippen molar-refractivity contribution in [1.82, 2.24) is 9.97 Å². The average Bonchev–Trinajstić information content (AvgIpc) is 3.28. The van der Waals surface area contributed by atoms with E-state index in [9.17, 15) is 14.1 Å². The zero-order valence-corrected chi connectivity index (χ0v) is 21.2. The van der Waals surface area contributed by atoms with Crippen LogP contribution in [0.1, 0.15) is 19.4 Å². The van der Waals surface area contributed by atoms with E-state index in [1.807, 2.05) is 18.4 Å². The molecule has 2 atom stereocenters. The molecular weight excluding hydrogens is 488 g/mol. The maximum atomic E-state index is 12.8. The number of aromatic nitrogens is 2. The van der Waals surface area contributed by atoms with Crippen LogP contribution < -0.4 is 10.6 Å².